The number of anilines is 1. The molecular weight excluding hydrogens is 403 g/mol. The summed E-state index contributed by atoms with van der Waals surface area (Å²) in [4.78, 5) is 37.8. The first kappa shape index (κ1) is 20.1. The molecule has 28 heavy (non-hydrogen) atoms. The zero-order chi connectivity index (χ0) is 20.4. The van der Waals surface area contributed by atoms with Crippen LogP contribution in [0.25, 0.3) is 6.08 Å². The third kappa shape index (κ3) is 4.43. The number of hydrogen-bond donors (Lipinski definition) is 1. The molecule has 3 amide bonds. The first-order valence-corrected chi connectivity index (χ1v) is 9.51. The summed E-state index contributed by atoms with van der Waals surface area (Å²) >= 11 is 6.60. The summed E-state index contributed by atoms with van der Waals surface area (Å²) in [6.45, 7) is 3.37. The van der Waals surface area contributed by atoms with E-state index in [0.29, 0.717) is 17.4 Å². The van der Waals surface area contributed by atoms with Crippen molar-refractivity contribution >= 4 is 52.2 Å². The van der Waals surface area contributed by atoms with E-state index in [1.807, 2.05) is 19.9 Å². The van der Waals surface area contributed by atoms with Crippen LogP contribution >= 0.6 is 23.4 Å². The topological polar surface area (TPSA) is 66.5 Å². The van der Waals surface area contributed by atoms with Crippen molar-refractivity contribution in [2.45, 2.75) is 13.8 Å². The average Bonchev–Trinajstić information content (AvgIpc) is 2.85. The first-order chi connectivity index (χ1) is 13.2. The highest BCUT2D eigenvalue weighted by Crippen LogP contribution is 2.34. The van der Waals surface area contributed by atoms with Gasteiger partial charge in [-0.05, 0) is 67.1 Å². The number of nitrogens with zero attached hydrogens (tertiary/aromatic N) is 1. The zero-order valence-electron chi connectivity index (χ0n) is 15.1. The van der Waals surface area contributed by atoms with Crippen LogP contribution in [0.2, 0.25) is 5.02 Å². The quantitative estimate of drug-likeness (QED) is 0.726. The molecule has 2 aromatic carbocycles. The largest absolute Gasteiger partial charge is 0.325 e. The number of carbonyl (C=O) groups excluding carboxylic acids is 3. The van der Waals surface area contributed by atoms with Gasteiger partial charge in [-0.2, -0.15) is 0 Å². The molecule has 1 saturated heterocycles. The summed E-state index contributed by atoms with van der Waals surface area (Å²) in [5.41, 5.74) is 2.56. The predicted octanol–water partition coefficient (Wildman–Crippen LogP) is 4.77. The molecule has 3 rings (SSSR count). The summed E-state index contributed by atoms with van der Waals surface area (Å²) in [7, 11) is 0. The molecule has 0 radical (unpaired) electrons. The van der Waals surface area contributed by atoms with Crippen LogP contribution in [-0.4, -0.2) is 28.5 Å². The molecule has 1 heterocycles. The first-order valence-electron chi connectivity index (χ1n) is 8.32. The number of imide groups is 1. The van der Waals surface area contributed by atoms with Crippen LogP contribution in [0.5, 0.6) is 0 Å². The molecule has 0 spiro atoms. The average molecular weight is 419 g/mol. The van der Waals surface area contributed by atoms with Gasteiger partial charge in [-0.25, -0.2) is 4.39 Å². The third-order valence-corrected chi connectivity index (χ3v) is 5.19. The van der Waals surface area contributed by atoms with Gasteiger partial charge in [-0.1, -0.05) is 23.7 Å². The molecule has 5 nitrogen and oxygen atoms in total. The molecule has 2 aromatic rings. The molecule has 0 unspecified atom stereocenters. The summed E-state index contributed by atoms with van der Waals surface area (Å²) in [5.74, 6) is -1.77. The van der Waals surface area contributed by atoms with E-state index in [2.05, 4.69) is 5.32 Å². The Bertz CT molecular complexity index is 982. The Balaban J connectivity index is 1.75. The Morgan fingerprint density at radius 1 is 1.21 bits per heavy atom. The number of nitrogens with one attached hydrogen (secondary N) is 1. The molecule has 1 aliphatic heterocycles. The molecule has 0 saturated carbocycles. The predicted molar refractivity (Wildman–Crippen MR) is 109 cm³/mol. The summed E-state index contributed by atoms with van der Waals surface area (Å²) in [5, 5.41) is 2.21. The van der Waals surface area contributed by atoms with Crippen LogP contribution in [0, 0.1) is 19.7 Å². The van der Waals surface area contributed by atoms with E-state index in [-0.39, 0.29) is 15.5 Å². The van der Waals surface area contributed by atoms with Crippen molar-refractivity contribution in [3.63, 3.8) is 0 Å². The number of amides is 3. The molecule has 144 valence electrons. The van der Waals surface area contributed by atoms with Gasteiger partial charge >= 0.3 is 0 Å². The Kier molecular flexibility index (Phi) is 5.86. The van der Waals surface area contributed by atoms with Crippen LogP contribution in [0.4, 0.5) is 14.9 Å². The lowest BCUT2D eigenvalue weighted by atomic mass is 10.1. The number of thioether (sulfide) groups is 1. The van der Waals surface area contributed by atoms with Crippen LogP contribution in [0.15, 0.2) is 41.3 Å². The second kappa shape index (κ2) is 8.16. The van der Waals surface area contributed by atoms with Gasteiger partial charge in [0.05, 0.1) is 9.93 Å². The van der Waals surface area contributed by atoms with Crippen molar-refractivity contribution in [2.75, 3.05) is 11.9 Å². The molecule has 8 heteroatoms. The standard InChI is InChI=1S/C20H16ClFN2O3S/c1-11-6-12(2)8-13(7-11)23-18(25)10-24-19(26)17(28-20(24)27)9-14-15(21)4-3-5-16(14)22/h3-9H,10H2,1-2H3,(H,23,25)/b17-9-. The Labute approximate surface area is 170 Å². The van der Waals surface area contributed by atoms with Gasteiger partial charge < -0.3 is 5.32 Å². The highest BCUT2D eigenvalue weighted by atomic mass is 35.5. The van der Waals surface area contributed by atoms with Crippen molar-refractivity contribution in [1.82, 2.24) is 4.90 Å². The van der Waals surface area contributed by atoms with Crippen LogP contribution in [0.3, 0.4) is 0 Å². The van der Waals surface area contributed by atoms with Crippen molar-refractivity contribution in [1.29, 1.82) is 0 Å². The van der Waals surface area contributed by atoms with E-state index < -0.39 is 29.4 Å². The molecule has 1 N–H and O–H groups in total. The Morgan fingerprint density at radius 3 is 2.54 bits per heavy atom. The lowest BCUT2D eigenvalue weighted by Gasteiger charge is -2.13. The highest BCUT2D eigenvalue weighted by molar-refractivity contribution is 8.18. The fourth-order valence-corrected chi connectivity index (χ4v) is 3.84. The van der Waals surface area contributed by atoms with Crippen molar-refractivity contribution in [3.05, 3.63) is 68.8 Å². The van der Waals surface area contributed by atoms with Gasteiger partial charge in [0.2, 0.25) is 5.91 Å². The zero-order valence-corrected chi connectivity index (χ0v) is 16.7. The van der Waals surface area contributed by atoms with Gasteiger partial charge in [0, 0.05) is 11.3 Å². The maximum Gasteiger partial charge on any atom is 0.294 e. The number of aryl methyl sites for hydroxylation is 2. The molecule has 0 atom stereocenters. The number of hydrogen-bond acceptors (Lipinski definition) is 4. The van der Waals surface area contributed by atoms with E-state index >= 15 is 0 Å². The van der Waals surface area contributed by atoms with Gasteiger partial charge in [0.25, 0.3) is 11.1 Å². The maximum absolute atomic E-state index is 13.9. The SMILES string of the molecule is Cc1cc(C)cc(NC(=O)CN2C(=O)S/C(=C\c3c(F)cccc3Cl)C2=O)c1. The van der Waals surface area contributed by atoms with E-state index in [1.54, 1.807) is 12.1 Å². The fourth-order valence-electron chi connectivity index (χ4n) is 2.81. The second-order valence-corrected chi connectivity index (χ2v) is 7.73. The van der Waals surface area contributed by atoms with E-state index in [1.165, 1.54) is 24.3 Å². The van der Waals surface area contributed by atoms with Gasteiger partial charge in [0.1, 0.15) is 12.4 Å². The minimum absolute atomic E-state index is 0.0104. The number of benzene rings is 2. The lowest BCUT2D eigenvalue weighted by molar-refractivity contribution is -0.127. The normalized spacial score (nSPS) is 15.4. The third-order valence-electron chi connectivity index (χ3n) is 3.96. The van der Waals surface area contributed by atoms with Crippen molar-refractivity contribution < 1.29 is 18.8 Å². The van der Waals surface area contributed by atoms with Crippen molar-refractivity contribution in [3.8, 4) is 0 Å². The van der Waals surface area contributed by atoms with E-state index in [4.69, 9.17) is 11.6 Å². The Morgan fingerprint density at radius 2 is 1.89 bits per heavy atom. The summed E-state index contributed by atoms with van der Waals surface area (Å²) in [6, 6.07) is 9.68. The lowest BCUT2D eigenvalue weighted by Crippen LogP contribution is -2.36. The molecular formula is C20H16ClFN2O3S. The summed E-state index contributed by atoms with van der Waals surface area (Å²) in [6.07, 6.45) is 1.23. The van der Waals surface area contributed by atoms with E-state index in [0.717, 1.165) is 16.0 Å². The second-order valence-electron chi connectivity index (χ2n) is 6.33. The number of halogens is 2. The van der Waals surface area contributed by atoms with Crippen LogP contribution in [0.1, 0.15) is 16.7 Å². The highest BCUT2D eigenvalue weighted by Gasteiger charge is 2.36. The minimum Gasteiger partial charge on any atom is -0.325 e. The minimum atomic E-state index is -0.662. The van der Waals surface area contributed by atoms with Crippen LogP contribution < -0.4 is 5.32 Å². The molecule has 0 aromatic heterocycles. The number of rotatable bonds is 4. The number of carbonyl (C=O) groups is 3. The molecule has 0 bridgehead atoms. The molecule has 1 aliphatic rings. The van der Waals surface area contributed by atoms with E-state index in [9.17, 15) is 18.8 Å². The smallest absolute Gasteiger partial charge is 0.294 e. The van der Waals surface area contributed by atoms with Gasteiger partial charge in [0.15, 0.2) is 0 Å². The van der Waals surface area contributed by atoms with Gasteiger partial charge in [-0.15, -0.1) is 0 Å². The van der Waals surface area contributed by atoms with Gasteiger partial charge in [-0.3, -0.25) is 19.3 Å². The molecule has 1 fully saturated rings. The monoisotopic (exact) mass is 418 g/mol. The van der Waals surface area contributed by atoms with Crippen molar-refractivity contribution in [2.24, 2.45) is 0 Å². The fraction of sp³-hybridized carbons (Fsp3) is 0.150. The van der Waals surface area contributed by atoms with Crippen LogP contribution in [-0.2, 0) is 9.59 Å². The molecule has 0 aliphatic carbocycles. The summed E-state index contributed by atoms with van der Waals surface area (Å²) < 4.78 is 13.9. The maximum atomic E-state index is 13.9. The Hall–Kier alpha value is -2.64.